The van der Waals surface area contributed by atoms with Gasteiger partial charge in [-0.25, -0.2) is 0 Å². The number of nitrogens with two attached hydrogens (primary N) is 1. The fourth-order valence-electron chi connectivity index (χ4n) is 0.180. The summed E-state index contributed by atoms with van der Waals surface area (Å²) < 4.78 is 2.31. The van der Waals surface area contributed by atoms with E-state index in [4.69, 9.17) is 5.73 Å². The molecule has 0 aromatic rings. The molecule has 0 spiro atoms. The first kappa shape index (κ1) is 11.9. The summed E-state index contributed by atoms with van der Waals surface area (Å²) >= 11 is 5.92. The van der Waals surface area contributed by atoms with Crippen LogP contribution in [0, 0.1) is 0 Å². The molecule has 0 saturated heterocycles. The maximum Gasteiger partial charge on any atom is 1.00 e. The molecule has 0 rings (SSSR count). The summed E-state index contributed by atoms with van der Waals surface area (Å²) in [5, 5.41) is 0. The molecule has 0 radical (unpaired) electrons. The van der Waals surface area contributed by atoms with E-state index in [1.54, 1.807) is 0 Å². The van der Waals surface area contributed by atoms with E-state index in [1.807, 2.05) is 18.4 Å². The average molecular weight is 160 g/mol. The fraction of sp³-hybridized carbons (Fsp3) is 0.667. The Morgan fingerprint density at radius 2 is 2.12 bits per heavy atom. The van der Waals surface area contributed by atoms with Crippen LogP contribution in [-0.2, 0) is 0 Å². The van der Waals surface area contributed by atoms with Gasteiger partial charge in [-0.1, -0.05) is 12.2 Å². The Balaban J connectivity index is -0.000000180. The van der Waals surface area contributed by atoms with Gasteiger partial charge in [-0.05, 0) is 26.0 Å². The second kappa shape index (κ2) is 6.32. The topological polar surface area (TPSA) is 29.3 Å². The molecular weight excluding hydrogens is 151 g/mol. The van der Waals surface area contributed by atoms with Crippen molar-refractivity contribution < 1.29 is 31.0 Å². The van der Waals surface area contributed by atoms with Gasteiger partial charge >= 0.3 is 29.6 Å². The predicted molar refractivity (Wildman–Crippen MR) is 39.2 cm³/mol. The first-order chi connectivity index (χ1) is 3.13. The van der Waals surface area contributed by atoms with Crippen LogP contribution in [0.5, 0.6) is 0 Å². The minimum Gasteiger partial charge on any atom is -1.00 e. The van der Waals surface area contributed by atoms with Crippen LogP contribution in [0.25, 0.3) is 0 Å². The predicted octanol–water partition coefficient (Wildman–Crippen LogP) is -2.44. The number of thiocarbonyl (C=S) groups is 1. The number of nitrogens with zero attached hydrogens (tertiary/aromatic N) is 1. The Kier molecular flexibility index (Phi) is 9.43. The van der Waals surface area contributed by atoms with Gasteiger partial charge in [-0.2, -0.15) is 0 Å². The van der Waals surface area contributed by atoms with Crippen LogP contribution in [0.3, 0.4) is 0 Å². The van der Waals surface area contributed by atoms with E-state index in [-0.39, 0.29) is 31.0 Å². The summed E-state index contributed by atoms with van der Waals surface area (Å²) in [6, 6.07) is 0. The van der Waals surface area contributed by atoms with E-state index < -0.39 is 0 Å². The van der Waals surface area contributed by atoms with Gasteiger partial charge in [0.2, 0.25) is 0 Å². The van der Waals surface area contributed by atoms with E-state index in [0.717, 1.165) is 0 Å². The molecule has 8 heavy (non-hydrogen) atoms. The van der Waals surface area contributed by atoms with Crippen LogP contribution in [0.15, 0.2) is 0 Å². The van der Waals surface area contributed by atoms with Gasteiger partial charge in [0, 0.05) is 0 Å². The van der Waals surface area contributed by atoms with E-state index >= 15 is 0 Å². The second-order valence-electron chi connectivity index (χ2n) is 1.22. The van der Waals surface area contributed by atoms with Gasteiger partial charge in [-0.15, -0.1) is 0 Å². The van der Waals surface area contributed by atoms with E-state index in [0.29, 0.717) is 4.32 Å². The van der Waals surface area contributed by atoms with Crippen LogP contribution < -0.4 is 35.3 Å². The average Bonchev–Trinajstić information content (AvgIpc) is 1.27. The number of hydrogen-bond donors (Lipinski definition) is 1. The van der Waals surface area contributed by atoms with Crippen LogP contribution >= 0.6 is 24.2 Å². The zero-order valence-corrected chi connectivity index (χ0v) is 8.97. The van der Waals surface area contributed by atoms with Crippen molar-refractivity contribution in [2.24, 2.45) is 5.73 Å². The third kappa shape index (κ3) is 10.2. The van der Waals surface area contributed by atoms with Crippen LogP contribution in [0.4, 0.5) is 0 Å². The van der Waals surface area contributed by atoms with Crippen molar-refractivity contribution in [1.82, 2.24) is 4.31 Å². The Labute approximate surface area is 83.1 Å². The third-order valence-corrected chi connectivity index (χ3v) is 1.04. The molecule has 0 fully saturated rings. The van der Waals surface area contributed by atoms with Gasteiger partial charge in [0.15, 0.2) is 0 Å². The molecule has 0 aliphatic rings. The minimum absolute atomic E-state index is 0. The molecule has 0 unspecified atom stereocenters. The molecule has 0 amide bonds. The number of hydrogen-bond acceptors (Lipinski definition) is 3. The molecule has 0 aliphatic carbocycles. The monoisotopic (exact) mass is 160 g/mol. The summed E-state index contributed by atoms with van der Waals surface area (Å²) in [5.74, 6) is 0. The summed E-state index contributed by atoms with van der Waals surface area (Å²) in [5.41, 5.74) is 5.15. The summed E-state index contributed by atoms with van der Waals surface area (Å²) in [7, 11) is 3.79. The van der Waals surface area contributed by atoms with Crippen molar-refractivity contribution in [3.05, 3.63) is 0 Å². The van der Waals surface area contributed by atoms with Crippen LogP contribution in [0.2, 0.25) is 0 Å². The molecule has 0 atom stereocenters. The molecule has 0 heterocycles. The van der Waals surface area contributed by atoms with Crippen molar-refractivity contribution in [3.8, 4) is 0 Å². The van der Waals surface area contributed by atoms with Gasteiger partial charge in [0.25, 0.3) is 0 Å². The van der Waals surface area contributed by atoms with Gasteiger partial charge in [-0.3, -0.25) is 4.31 Å². The second-order valence-corrected chi connectivity index (χ2v) is 3.27. The zero-order chi connectivity index (χ0) is 5.86. The summed E-state index contributed by atoms with van der Waals surface area (Å²) in [4.78, 5) is 0. The van der Waals surface area contributed by atoms with Crippen molar-refractivity contribution in [1.29, 1.82) is 0 Å². The maximum absolute atomic E-state index is 5.15. The van der Waals surface area contributed by atoms with Crippen molar-refractivity contribution >= 4 is 28.5 Å². The third-order valence-electron chi connectivity index (χ3n) is 0.273. The van der Waals surface area contributed by atoms with E-state index in [2.05, 4.69) is 12.2 Å². The smallest absolute Gasteiger partial charge is 1.00 e. The first-order valence-corrected chi connectivity index (χ1v) is 2.96. The largest absolute Gasteiger partial charge is 1.00 e. The Hall–Kier alpha value is 1.20. The zero-order valence-electron chi connectivity index (χ0n) is 6.34. The molecule has 2 nitrogen and oxygen atoms in total. The Morgan fingerprint density at radius 1 is 1.75 bits per heavy atom. The van der Waals surface area contributed by atoms with E-state index in [9.17, 15) is 0 Å². The first-order valence-electron chi connectivity index (χ1n) is 1.77. The number of rotatable bonds is 1. The maximum atomic E-state index is 5.15. The fourth-order valence-corrected chi connectivity index (χ4v) is 0.987. The molecule has 0 aliphatic heterocycles. The van der Waals surface area contributed by atoms with Gasteiger partial charge in [0.1, 0.15) is 4.32 Å². The molecule has 44 valence electrons. The van der Waals surface area contributed by atoms with Crippen molar-refractivity contribution in [3.63, 3.8) is 0 Å². The van der Waals surface area contributed by atoms with Crippen molar-refractivity contribution in [2.75, 3.05) is 14.1 Å². The molecule has 2 N–H and O–H groups in total. The van der Waals surface area contributed by atoms with Gasteiger partial charge in [0.05, 0.1) is 0 Å². The summed E-state index contributed by atoms with van der Waals surface area (Å²) in [6.45, 7) is 0. The van der Waals surface area contributed by atoms with Crippen LogP contribution in [0.1, 0.15) is 1.43 Å². The molecule has 0 aromatic carbocycles. The quantitative estimate of drug-likeness (QED) is 0.262. The van der Waals surface area contributed by atoms with Gasteiger partial charge < -0.3 is 7.16 Å². The standard InChI is InChI=1S/C3H8N2S2.Na.H/c1-5(2)7-3(4)6;;/h1-2H3,(H2,4,6);;/q;+1;-1. The molecule has 5 heteroatoms. The molecule has 0 bridgehead atoms. The van der Waals surface area contributed by atoms with Crippen molar-refractivity contribution in [2.45, 2.75) is 0 Å². The summed E-state index contributed by atoms with van der Waals surface area (Å²) in [6.07, 6.45) is 0. The normalized spacial score (nSPS) is 8.38. The minimum atomic E-state index is 0. The molecular formula is C3H9N2NaS2. The Morgan fingerprint density at radius 3 is 2.12 bits per heavy atom. The van der Waals surface area contributed by atoms with Crippen LogP contribution in [-0.4, -0.2) is 22.7 Å². The van der Waals surface area contributed by atoms with E-state index in [1.165, 1.54) is 11.9 Å². The molecule has 0 saturated carbocycles. The Bertz CT molecular complexity index is 80.2. The SMILES string of the molecule is CN(C)SC(N)=S.[H-].[Na+]. The molecule has 0 aromatic heterocycles.